The average molecular weight is 334 g/mol. The molecule has 3 rings (SSSR count). The van der Waals surface area contributed by atoms with Crippen molar-refractivity contribution in [1.82, 2.24) is 10.2 Å². The molecule has 1 aliphatic heterocycles. The summed E-state index contributed by atoms with van der Waals surface area (Å²) in [6, 6.07) is 5.61. The highest BCUT2D eigenvalue weighted by Crippen LogP contribution is 2.44. The topological polar surface area (TPSA) is 69.6 Å². The SMILES string of the molecule is CN1C(=O)CC[C@H](C(=O)NCC2(CO)CC2)[C@H]1c1cccc(F)c1. The highest BCUT2D eigenvalue weighted by molar-refractivity contribution is 5.85. The maximum absolute atomic E-state index is 13.6. The molecule has 2 atom stereocenters. The van der Waals surface area contributed by atoms with E-state index in [1.165, 1.54) is 12.1 Å². The Morgan fingerprint density at radius 3 is 2.83 bits per heavy atom. The Morgan fingerprint density at radius 2 is 2.21 bits per heavy atom. The predicted octanol–water partition coefficient (Wildman–Crippen LogP) is 1.62. The predicted molar refractivity (Wildman–Crippen MR) is 86.4 cm³/mol. The lowest BCUT2D eigenvalue weighted by atomic mass is 9.84. The lowest BCUT2D eigenvalue weighted by molar-refractivity contribution is -0.141. The lowest BCUT2D eigenvalue weighted by Gasteiger charge is -2.38. The lowest BCUT2D eigenvalue weighted by Crippen LogP contribution is -2.47. The second-order valence-electron chi connectivity index (χ2n) is 7.03. The summed E-state index contributed by atoms with van der Waals surface area (Å²) in [6.45, 7) is 0.524. The molecule has 0 bridgehead atoms. The van der Waals surface area contributed by atoms with E-state index in [0.717, 1.165) is 12.8 Å². The van der Waals surface area contributed by atoms with E-state index in [1.807, 2.05) is 0 Å². The van der Waals surface area contributed by atoms with E-state index in [2.05, 4.69) is 5.32 Å². The van der Waals surface area contributed by atoms with Gasteiger partial charge >= 0.3 is 0 Å². The van der Waals surface area contributed by atoms with Crippen LogP contribution in [0.15, 0.2) is 24.3 Å². The highest BCUT2D eigenvalue weighted by atomic mass is 19.1. The monoisotopic (exact) mass is 334 g/mol. The molecule has 2 fully saturated rings. The molecule has 5 nitrogen and oxygen atoms in total. The fraction of sp³-hybridized carbons (Fsp3) is 0.556. The summed E-state index contributed by atoms with van der Waals surface area (Å²) in [5.74, 6) is -0.968. The van der Waals surface area contributed by atoms with E-state index in [0.29, 0.717) is 24.9 Å². The van der Waals surface area contributed by atoms with Crippen molar-refractivity contribution in [2.24, 2.45) is 11.3 Å². The molecular weight excluding hydrogens is 311 g/mol. The van der Waals surface area contributed by atoms with Crippen molar-refractivity contribution < 1.29 is 19.1 Å². The third-order valence-electron chi connectivity index (χ3n) is 5.32. The number of benzene rings is 1. The largest absolute Gasteiger partial charge is 0.396 e. The summed E-state index contributed by atoms with van der Waals surface area (Å²) in [5.41, 5.74) is 0.467. The van der Waals surface area contributed by atoms with Crippen LogP contribution in [0.5, 0.6) is 0 Å². The molecule has 1 aromatic carbocycles. The number of piperidine rings is 1. The number of nitrogens with one attached hydrogen (secondary N) is 1. The maximum Gasteiger partial charge on any atom is 0.225 e. The van der Waals surface area contributed by atoms with Gasteiger partial charge in [0.15, 0.2) is 0 Å². The fourth-order valence-corrected chi connectivity index (χ4v) is 3.43. The Labute approximate surface area is 140 Å². The first-order valence-corrected chi connectivity index (χ1v) is 8.35. The van der Waals surface area contributed by atoms with Crippen LogP contribution < -0.4 is 5.32 Å². The van der Waals surface area contributed by atoms with Crippen LogP contribution in [-0.4, -0.2) is 42.0 Å². The second-order valence-corrected chi connectivity index (χ2v) is 7.03. The van der Waals surface area contributed by atoms with Gasteiger partial charge in [-0.1, -0.05) is 12.1 Å². The number of nitrogens with zero attached hydrogens (tertiary/aromatic N) is 1. The van der Waals surface area contributed by atoms with Gasteiger partial charge in [-0.3, -0.25) is 9.59 Å². The number of likely N-dealkylation sites (tertiary alicyclic amines) is 1. The number of halogens is 1. The number of hydrogen-bond acceptors (Lipinski definition) is 3. The van der Waals surface area contributed by atoms with E-state index < -0.39 is 12.0 Å². The Bertz CT molecular complexity index is 645. The van der Waals surface area contributed by atoms with Gasteiger partial charge in [-0.05, 0) is 37.0 Å². The molecule has 1 aliphatic carbocycles. The Hall–Kier alpha value is -1.95. The molecule has 0 unspecified atom stereocenters. The van der Waals surface area contributed by atoms with Gasteiger partial charge in [0, 0.05) is 25.4 Å². The molecule has 6 heteroatoms. The summed E-state index contributed by atoms with van der Waals surface area (Å²) in [5, 5.41) is 12.3. The molecule has 1 saturated heterocycles. The molecule has 1 saturated carbocycles. The molecule has 2 N–H and O–H groups in total. The van der Waals surface area contributed by atoms with Crippen LogP contribution in [0.4, 0.5) is 4.39 Å². The van der Waals surface area contributed by atoms with Gasteiger partial charge in [0.05, 0.1) is 18.6 Å². The summed E-state index contributed by atoms with van der Waals surface area (Å²) in [4.78, 5) is 26.3. The quantitative estimate of drug-likeness (QED) is 0.860. The molecule has 2 aliphatic rings. The summed E-state index contributed by atoms with van der Waals surface area (Å²) >= 11 is 0. The van der Waals surface area contributed by atoms with Crippen molar-refractivity contribution in [1.29, 1.82) is 0 Å². The number of aliphatic hydroxyl groups is 1. The normalized spacial score (nSPS) is 25.5. The van der Waals surface area contributed by atoms with Gasteiger partial charge in [-0.2, -0.15) is 0 Å². The molecule has 1 aromatic rings. The zero-order chi connectivity index (χ0) is 17.3. The molecule has 130 valence electrons. The van der Waals surface area contributed by atoms with Crippen LogP contribution in [-0.2, 0) is 9.59 Å². The molecule has 0 radical (unpaired) electrons. The van der Waals surface area contributed by atoms with E-state index in [9.17, 15) is 19.1 Å². The minimum Gasteiger partial charge on any atom is -0.396 e. The van der Waals surface area contributed by atoms with E-state index in [1.54, 1.807) is 24.1 Å². The van der Waals surface area contributed by atoms with Gasteiger partial charge < -0.3 is 15.3 Å². The third kappa shape index (κ3) is 3.29. The minimum absolute atomic E-state index is 0.0395. The minimum atomic E-state index is -0.466. The smallest absolute Gasteiger partial charge is 0.225 e. The summed E-state index contributed by atoms with van der Waals surface area (Å²) in [6.07, 6.45) is 2.59. The second kappa shape index (κ2) is 6.51. The van der Waals surface area contributed by atoms with Crippen molar-refractivity contribution in [3.63, 3.8) is 0 Å². The van der Waals surface area contributed by atoms with E-state index in [4.69, 9.17) is 0 Å². The molecule has 2 amide bonds. The van der Waals surface area contributed by atoms with Gasteiger partial charge in [0.1, 0.15) is 5.82 Å². The van der Waals surface area contributed by atoms with Crippen molar-refractivity contribution >= 4 is 11.8 Å². The average Bonchev–Trinajstić information content (AvgIpc) is 3.35. The number of aliphatic hydroxyl groups excluding tert-OH is 1. The number of amides is 2. The molecule has 0 spiro atoms. The fourth-order valence-electron chi connectivity index (χ4n) is 3.43. The van der Waals surface area contributed by atoms with Crippen LogP contribution in [0.3, 0.4) is 0 Å². The molecule has 1 heterocycles. The Kier molecular flexibility index (Phi) is 4.58. The van der Waals surface area contributed by atoms with E-state index in [-0.39, 0.29) is 29.7 Å². The number of rotatable bonds is 5. The maximum atomic E-state index is 13.6. The number of carbonyl (C=O) groups is 2. The van der Waals surface area contributed by atoms with E-state index >= 15 is 0 Å². The van der Waals surface area contributed by atoms with Crippen molar-refractivity contribution in [2.75, 3.05) is 20.2 Å². The van der Waals surface area contributed by atoms with Crippen molar-refractivity contribution in [3.05, 3.63) is 35.6 Å². The van der Waals surface area contributed by atoms with Crippen LogP contribution in [0.2, 0.25) is 0 Å². The molecular formula is C18H23FN2O3. The first-order valence-electron chi connectivity index (χ1n) is 8.35. The Balaban J connectivity index is 1.78. The molecule has 0 aromatic heterocycles. The van der Waals surface area contributed by atoms with Crippen molar-refractivity contribution in [2.45, 2.75) is 31.7 Å². The van der Waals surface area contributed by atoms with Crippen LogP contribution in [0.25, 0.3) is 0 Å². The van der Waals surface area contributed by atoms with Gasteiger partial charge in [0.2, 0.25) is 11.8 Å². The van der Waals surface area contributed by atoms with Crippen LogP contribution >= 0.6 is 0 Å². The standard InChI is InChI=1S/C18H23FN2O3/c1-21-15(23)6-5-14(16(21)12-3-2-4-13(19)9-12)17(24)20-10-18(11-22)7-8-18/h2-4,9,14,16,22H,5-8,10-11H2,1H3,(H,20,24)/t14-,16+/m0/s1. The number of hydrogen-bond donors (Lipinski definition) is 2. The number of carbonyl (C=O) groups excluding carboxylic acids is 2. The summed E-state index contributed by atoms with van der Waals surface area (Å²) in [7, 11) is 1.66. The Morgan fingerprint density at radius 1 is 1.46 bits per heavy atom. The zero-order valence-corrected chi connectivity index (χ0v) is 13.8. The summed E-state index contributed by atoms with van der Waals surface area (Å²) < 4.78 is 13.6. The van der Waals surface area contributed by atoms with Crippen LogP contribution in [0.1, 0.15) is 37.3 Å². The molecule has 24 heavy (non-hydrogen) atoms. The highest BCUT2D eigenvalue weighted by Gasteiger charge is 2.44. The first-order chi connectivity index (χ1) is 11.5. The van der Waals surface area contributed by atoms with Gasteiger partial charge in [0.25, 0.3) is 0 Å². The first kappa shape index (κ1) is 16.9. The van der Waals surface area contributed by atoms with Gasteiger partial charge in [-0.25, -0.2) is 4.39 Å². The van der Waals surface area contributed by atoms with Crippen molar-refractivity contribution in [3.8, 4) is 0 Å². The zero-order valence-electron chi connectivity index (χ0n) is 13.8. The van der Waals surface area contributed by atoms with Gasteiger partial charge in [-0.15, -0.1) is 0 Å². The van der Waals surface area contributed by atoms with Crippen LogP contribution in [0, 0.1) is 17.2 Å². The third-order valence-corrected chi connectivity index (χ3v) is 5.32.